The predicted octanol–water partition coefficient (Wildman–Crippen LogP) is 2.42. The second-order valence-electron chi connectivity index (χ2n) is 7.41. The summed E-state index contributed by atoms with van der Waals surface area (Å²) in [6.45, 7) is 10.4. The number of aromatic nitrogens is 4. The van der Waals surface area contributed by atoms with Crippen LogP contribution in [0.3, 0.4) is 0 Å². The molecule has 0 spiro atoms. The largest absolute Gasteiger partial charge is 0.304 e. The fraction of sp³-hybridized carbons (Fsp3) is 0.588. The topological polar surface area (TPSA) is 50.1 Å². The second-order valence-corrected chi connectivity index (χ2v) is 7.85. The van der Waals surface area contributed by atoms with Gasteiger partial charge < -0.3 is 4.90 Å². The highest BCUT2D eigenvalue weighted by Gasteiger charge is 2.32. The third kappa shape index (κ3) is 3.61. The van der Waals surface area contributed by atoms with Crippen LogP contribution in [0.15, 0.2) is 24.3 Å². The number of piperazine rings is 1. The normalized spacial score (nSPS) is 18.7. The van der Waals surface area contributed by atoms with Crippen LogP contribution in [0, 0.1) is 0 Å². The number of nitrogens with zero attached hydrogens (tertiary/aromatic N) is 6. The maximum Gasteiger partial charge on any atom is 0.173 e. The van der Waals surface area contributed by atoms with E-state index in [9.17, 15) is 0 Å². The van der Waals surface area contributed by atoms with Gasteiger partial charge in [-0.3, -0.25) is 4.90 Å². The molecule has 1 aliphatic rings. The smallest absolute Gasteiger partial charge is 0.173 e. The van der Waals surface area contributed by atoms with Gasteiger partial charge in [0.25, 0.3) is 0 Å². The standard InChI is InChI=1S/C17H25ClN6/c1-17(2,3)24-16(19-20-21-24)15(13-5-7-14(18)8-6-13)23-11-9-22(4)10-12-23/h5-8,15H,9-12H2,1-4H3. The van der Waals surface area contributed by atoms with E-state index in [1.165, 1.54) is 5.56 Å². The molecule has 1 aromatic carbocycles. The lowest BCUT2D eigenvalue weighted by Gasteiger charge is -2.38. The molecular weight excluding hydrogens is 324 g/mol. The van der Waals surface area contributed by atoms with E-state index < -0.39 is 0 Å². The number of hydrogen-bond acceptors (Lipinski definition) is 5. The number of tetrazole rings is 1. The molecule has 0 amide bonds. The number of benzene rings is 1. The Balaban J connectivity index is 2.02. The van der Waals surface area contributed by atoms with E-state index in [0.29, 0.717) is 0 Å². The molecule has 6 nitrogen and oxygen atoms in total. The molecule has 0 bridgehead atoms. The Bertz CT molecular complexity index is 667. The van der Waals surface area contributed by atoms with Crippen LogP contribution in [0.25, 0.3) is 0 Å². The maximum atomic E-state index is 6.08. The molecule has 0 aliphatic carbocycles. The molecule has 1 aliphatic heterocycles. The van der Waals surface area contributed by atoms with Gasteiger partial charge in [0.1, 0.15) is 0 Å². The minimum Gasteiger partial charge on any atom is -0.304 e. The second kappa shape index (κ2) is 6.78. The summed E-state index contributed by atoms with van der Waals surface area (Å²) in [5.41, 5.74) is 1.00. The zero-order valence-corrected chi connectivity index (χ0v) is 15.5. The van der Waals surface area contributed by atoms with Crippen molar-refractivity contribution in [2.45, 2.75) is 32.4 Å². The number of rotatable bonds is 3. The van der Waals surface area contributed by atoms with E-state index in [0.717, 1.165) is 37.0 Å². The predicted molar refractivity (Wildman–Crippen MR) is 95.2 cm³/mol. The van der Waals surface area contributed by atoms with Crippen molar-refractivity contribution in [1.29, 1.82) is 0 Å². The van der Waals surface area contributed by atoms with Gasteiger partial charge in [-0.15, -0.1) is 5.10 Å². The molecule has 24 heavy (non-hydrogen) atoms. The lowest BCUT2D eigenvalue weighted by atomic mass is 10.0. The Hall–Kier alpha value is -1.50. The molecule has 1 unspecified atom stereocenters. The van der Waals surface area contributed by atoms with Crippen molar-refractivity contribution in [2.24, 2.45) is 0 Å². The van der Waals surface area contributed by atoms with Gasteiger partial charge in [-0.05, 0) is 55.9 Å². The zero-order valence-electron chi connectivity index (χ0n) is 14.8. The highest BCUT2D eigenvalue weighted by molar-refractivity contribution is 6.30. The Morgan fingerprint density at radius 1 is 1.04 bits per heavy atom. The van der Waals surface area contributed by atoms with Gasteiger partial charge in [0.15, 0.2) is 5.82 Å². The first-order valence-electron chi connectivity index (χ1n) is 8.33. The molecule has 7 heteroatoms. The van der Waals surface area contributed by atoms with Crippen LogP contribution in [0.1, 0.15) is 38.2 Å². The summed E-state index contributed by atoms with van der Waals surface area (Å²) >= 11 is 6.08. The van der Waals surface area contributed by atoms with Crippen molar-refractivity contribution in [1.82, 2.24) is 30.0 Å². The van der Waals surface area contributed by atoms with Crippen LogP contribution in [-0.2, 0) is 5.54 Å². The molecule has 130 valence electrons. The van der Waals surface area contributed by atoms with E-state index >= 15 is 0 Å². The van der Waals surface area contributed by atoms with E-state index in [1.54, 1.807) is 0 Å². The summed E-state index contributed by atoms with van der Waals surface area (Å²) in [6.07, 6.45) is 0. The number of hydrogen-bond donors (Lipinski definition) is 0. The fourth-order valence-electron chi connectivity index (χ4n) is 3.09. The van der Waals surface area contributed by atoms with Crippen molar-refractivity contribution >= 4 is 11.6 Å². The molecule has 2 aromatic rings. The zero-order chi connectivity index (χ0) is 17.3. The van der Waals surface area contributed by atoms with Gasteiger partial charge in [-0.25, -0.2) is 4.68 Å². The summed E-state index contributed by atoms with van der Waals surface area (Å²) in [7, 11) is 2.16. The van der Waals surface area contributed by atoms with Gasteiger partial charge in [0.05, 0.1) is 11.6 Å². The number of halogens is 1. The third-order valence-corrected chi connectivity index (χ3v) is 4.71. The molecule has 1 aromatic heterocycles. The van der Waals surface area contributed by atoms with Gasteiger partial charge in [-0.1, -0.05) is 23.7 Å². The molecule has 3 rings (SSSR count). The lowest BCUT2D eigenvalue weighted by Crippen LogP contribution is -2.47. The van der Waals surface area contributed by atoms with Crippen LogP contribution < -0.4 is 0 Å². The van der Waals surface area contributed by atoms with Gasteiger partial charge >= 0.3 is 0 Å². The van der Waals surface area contributed by atoms with Crippen LogP contribution in [-0.4, -0.2) is 63.2 Å². The van der Waals surface area contributed by atoms with E-state index in [1.807, 2.05) is 16.8 Å². The van der Waals surface area contributed by atoms with Crippen LogP contribution in [0.4, 0.5) is 0 Å². The van der Waals surface area contributed by atoms with E-state index in [-0.39, 0.29) is 11.6 Å². The van der Waals surface area contributed by atoms with Crippen LogP contribution in [0.2, 0.25) is 5.02 Å². The van der Waals surface area contributed by atoms with Gasteiger partial charge in [0.2, 0.25) is 0 Å². The molecule has 1 atom stereocenters. The quantitative estimate of drug-likeness (QED) is 0.852. The Kier molecular flexibility index (Phi) is 4.90. The van der Waals surface area contributed by atoms with Crippen molar-refractivity contribution in [3.8, 4) is 0 Å². The summed E-state index contributed by atoms with van der Waals surface area (Å²) in [4.78, 5) is 4.80. The summed E-state index contributed by atoms with van der Waals surface area (Å²) in [5.74, 6) is 0.884. The molecular formula is C17H25ClN6. The lowest BCUT2D eigenvalue weighted by molar-refractivity contribution is 0.118. The SMILES string of the molecule is CN1CCN(C(c2ccc(Cl)cc2)c2nnnn2C(C)(C)C)CC1. The molecule has 1 fully saturated rings. The fourth-order valence-corrected chi connectivity index (χ4v) is 3.22. The molecule has 0 radical (unpaired) electrons. The highest BCUT2D eigenvalue weighted by Crippen LogP contribution is 2.30. The Labute approximate surface area is 148 Å². The Morgan fingerprint density at radius 2 is 1.67 bits per heavy atom. The van der Waals surface area contributed by atoms with E-state index in [2.05, 4.69) is 65.3 Å². The maximum absolute atomic E-state index is 6.08. The molecule has 0 N–H and O–H groups in total. The average Bonchev–Trinajstić information content (AvgIpc) is 3.01. The van der Waals surface area contributed by atoms with Crippen LogP contribution >= 0.6 is 11.6 Å². The van der Waals surface area contributed by atoms with Gasteiger partial charge in [-0.2, -0.15) is 0 Å². The first-order valence-corrected chi connectivity index (χ1v) is 8.71. The summed E-state index contributed by atoms with van der Waals surface area (Å²) in [5, 5.41) is 13.3. The molecule has 2 heterocycles. The summed E-state index contributed by atoms with van der Waals surface area (Å²) < 4.78 is 1.94. The summed E-state index contributed by atoms with van der Waals surface area (Å²) in [6, 6.07) is 8.06. The van der Waals surface area contributed by atoms with Crippen LogP contribution in [0.5, 0.6) is 0 Å². The van der Waals surface area contributed by atoms with Gasteiger partial charge in [0, 0.05) is 31.2 Å². The molecule has 1 saturated heterocycles. The average molecular weight is 349 g/mol. The van der Waals surface area contributed by atoms with E-state index in [4.69, 9.17) is 11.6 Å². The molecule has 0 saturated carbocycles. The minimum absolute atomic E-state index is 0.0326. The first kappa shape index (κ1) is 17.3. The minimum atomic E-state index is -0.171. The monoisotopic (exact) mass is 348 g/mol. The van der Waals surface area contributed by atoms with Crippen molar-refractivity contribution in [3.05, 3.63) is 40.7 Å². The third-order valence-electron chi connectivity index (χ3n) is 4.46. The first-order chi connectivity index (χ1) is 11.4. The van der Waals surface area contributed by atoms with Crippen molar-refractivity contribution < 1.29 is 0 Å². The number of likely N-dealkylation sites (N-methyl/N-ethyl adjacent to an activating group) is 1. The highest BCUT2D eigenvalue weighted by atomic mass is 35.5. The van der Waals surface area contributed by atoms with Crippen molar-refractivity contribution in [3.63, 3.8) is 0 Å². The van der Waals surface area contributed by atoms with Crippen molar-refractivity contribution in [2.75, 3.05) is 33.2 Å². The Morgan fingerprint density at radius 3 is 2.25 bits per heavy atom.